The molecule has 0 fully saturated rings. The third-order valence-electron chi connectivity index (χ3n) is 0.566. The molecule has 0 bridgehead atoms. The standard InChI is InChI=1S/C2H2N3O5.Na/c3-1(6)2(4(7)8)5(9)10;/h(H2,3,6);/q-1;+1. The minimum Gasteiger partial charge on any atom is -0.384 e. The molecular formula is C2H2N3NaO5. The SMILES string of the molecule is NC(=O)[C-]([N+](=O)[O-])[N+](=O)[O-].[Na+]. The van der Waals surface area contributed by atoms with Gasteiger partial charge in [-0.1, -0.05) is 0 Å². The normalized spacial score (nSPS) is 7.64. The molecule has 2 N–H and O–H groups in total. The Balaban J connectivity index is 0. The minimum atomic E-state index is -1.72. The zero-order valence-electron chi connectivity index (χ0n) is 5.51. The fourth-order valence-electron chi connectivity index (χ4n) is 0.247. The van der Waals surface area contributed by atoms with Gasteiger partial charge in [0.25, 0.3) is 0 Å². The molecule has 1 amide bonds. The van der Waals surface area contributed by atoms with Crippen molar-refractivity contribution in [2.45, 2.75) is 0 Å². The molecule has 0 unspecified atom stereocenters. The Labute approximate surface area is 82.3 Å². The van der Waals surface area contributed by atoms with Gasteiger partial charge in [0, 0.05) is 0 Å². The maximum Gasteiger partial charge on any atom is 1.00 e. The summed E-state index contributed by atoms with van der Waals surface area (Å²) in [5.41, 5.74) is 4.28. The van der Waals surface area contributed by atoms with E-state index in [0.717, 1.165) is 0 Å². The first kappa shape index (κ1) is 12.8. The fourth-order valence-corrected chi connectivity index (χ4v) is 0.247. The van der Waals surface area contributed by atoms with Gasteiger partial charge in [-0.25, -0.2) is 0 Å². The van der Waals surface area contributed by atoms with Gasteiger partial charge in [0.05, 0.1) is 0 Å². The Bertz CT molecular complexity index is 159. The maximum atomic E-state index is 9.88. The molecule has 0 aromatic carbocycles. The topological polar surface area (TPSA) is 129 Å². The molecule has 0 radical (unpaired) electrons. The number of carbonyl (C=O) groups is 1. The molecule has 0 saturated carbocycles. The largest absolute Gasteiger partial charge is 1.00 e. The zero-order valence-corrected chi connectivity index (χ0v) is 7.51. The van der Waals surface area contributed by atoms with Crippen molar-refractivity contribution in [3.05, 3.63) is 26.4 Å². The summed E-state index contributed by atoms with van der Waals surface area (Å²) in [6.45, 7) is 0. The van der Waals surface area contributed by atoms with Gasteiger partial charge in [0.2, 0.25) is 5.91 Å². The van der Waals surface area contributed by atoms with E-state index in [1.54, 1.807) is 0 Å². The van der Waals surface area contributed by atoms with Crippen LogP contribution >= 0.6 is 0 Å². The Morgan fingerprint density at radius 1 is 1.27 bits per heavy atom. The molecule has 0 spiro atoms. The number of nitrogens with two attached hydrogens (primary N) is 1. The number of rotatable bonds is 3. The fraction of sp³-hybridized carbons (Fsp3) is 0. The van der Waals surface area contributed by atoms with Crippen LogP contribution in [-0.2, 0) is 4.79 Å². The number of amides is 1. The Morgan fingerprint density at radius 3 is 1.55 bits per heavy atom. The van der Waals surface area contributed by atoms with Crippen molar-refractivity contribution in [3.8, 4) is 0 Å². The maximum absolute atomic E-state index is 9.88. The van der Waals surface area contributed by atoms with Crippen molar-refractivity contribution in [1.29, 1.82) is 0 Å². The second kappa shape index (κ2) is 4.88. The van der Waals surface area contributed by atoms with Crippen LogP contribution in [0.25, 0.3) is 0 Å². The molecule has 0 aliphatic heterocycles. The molecule has 0 atom stereocenters. The van der Waals surface area contributed by atoms with Crippen LogP contribution in [0.5, 0.6) is 0 Å². The van der Waals surface area contributed by atoms with Crippen LogP contribution in [0.1, 0.15) is 0 Å². The van der Waals surface area contributed by atoms with E-state index in [9.17, 15) is 25.0 Å². The Kier molecular flexibility index (Phi) is 5.67. The smallest absolute Gasteiger partial charge is 0.384 e. The van der Waals surface area contributed by atoms with Crippen molar-refractivity contribution < 1.29 is 44.2 Å². The number of carbonyl (C=O) groups excluding carboxylic acids is 1. The summed E-state index contributed by atoms with van der Waals surface area (Å²) >= 11 is 0. The van der Waals surface area contributed by atoms with E-state index < -0.39 is 21.9 Å². The van der Waals surface area contributed by atoms with Crippen LogP contribution in [0.15, 0.2) is 0 Å². The second-order valence-electron chi connectivity index (χ2n) is 1.20. The van der Waals surface area contributed by atoms with E-state index in [2.05, 4.69) is 5.73 Å². The Morgan fingerprint density at radius 2 is 1.55 bits per heavy atom. The average Bonchev–Trinajstić information content (AvgIpc) is 1.59. The van der Waals surface area contributed by atoms with Gasteiger partial charge in [-0.05, 0) is 9.85 Å². The molecule has 0 aromatic heterocycles. The number of hydrogen-bond donors (Lipinski definition) is 1. The van der Waals surface area contributed by atoms with E-state index in [-0.39, 0.29) is 29.6 Å². The van der Waals surface area contributed by atoms with Gasteiger partial charge < -0.3 is 5.73 Å². The predicted octanol–water partition coefficient (Wildman–Crippen LogP) is -4.48. The predicted molar refractivity (Wildman–Crippen MR) is 26.4 cm³/mol. The monoisotopic (exact) mass is 171 g/mol. The summed E-state index contributed by atoms with van der Waals surface area (Å²) in [6.07, 6.45) is -1.72. The number of hydrogen-bond acceptors (Lipinski definition) is 5. The molecule has 0 rings (SSSR count). The van der Waals surface area contributed by atoms with Crippen LogP contribution in [0, 0.1) is 26.4 Å². The van der Waals surface area contributed by atoms with Crippen LogP contribution in [0.4, 0.5) is 0 Å². The van der Waals surface area contributed by atoms with Gasteiger partial charge in [0.15, 0.2) is 0 Å². The Hall–Kier alpha value is -0.860. The van der Waals surface area contributed by atoms with Gasteiger partial charge in [-0.3, -0.25) is 25.0 Å². The van der Waals surface area contributed by atoms with Gasteiger partial charge in [-0.2, -0.15) is 0 Å². The summed E-state index contributed by atoms with van der Waals surface area (Å²) in [7, 11) is 0. The van der Waals surface area contributed by atoms with E-state index in [1.165, 1.54) is 0 Å². The van der Waals surface area contributed by atoms with Gasteiger partial charge >= 0.3 is 35.7 Å². The van der Waals surface area contributed by atoms with E-state index >= 15 is 0 Å². The summed E-state index contributed by atoms with van der Waals surface area (Å²) in [5.74, 6) is -1.66. The molecule has 0 aliphatic carbocycles. The summed E-state index contributed by atoms with van der Waals surface area (Å²) in [4.78, 5) is 26.2. The number of primary amides is 1. The van der Waals surface area contributed by atoms with Crippen LogP contribution in [-0.4, -0.2) is 15.8 Å². The van der Waals surface area contributed by atoms with E-state index in [1.807, 2.05) is 0 Å². The van der Waals surface area contributed by atoms with Crippen molar-refractivity contribution in [2.24, 2.45) is 5.73 Å². The van der Waals surface area contributed by atoms with Gasteiger partial charge in [0.1, 0.15) is 0 Å². The van der Waals surface area contributed by atoms with Crippen molar-refractivity contribution >= 4 is 5.91 Å². The van der Waals surface area contributed by atoms with E-state index in [0.29, 0.717) is 0 Å². The van der Waals surface area contributed by atoms with E-state index in [4.69, 9.17) is 0 Å². The van der Waals surface area contributed by atoms with Crippen molar-refractivity contribution in [3.63, 3.8) is 0 Å². The third-order valence-corrected chi connectivity index (χ3v) is 0.566. The summed E-state index contributed by atoms with van der Waals surface area (Å²) < 4.78 is 0. The molecule has 0 heterocycles. The third kappa shape index (κ3) is 3.75. The zero-order chi connectivity index (χ0) is 8.31. The molecule has 8 nitrogen and oxygen atoms in total. The first-order chi connectivity index (χ1) is 4.46. The first-order valence-corrected chi connectivity index (χ1v) is 1.92. The molecule has 0 aliphatic rings. The average molecular weight is 171 g/mol. The van der Waals surface area contributed by atoms with Crippen molar-refractivity contribution in [2.75, 3.05) is 0 Å². The van der Waals surface area contributed by atoms with Gasteiger partial charge in [-0.15, -0.1) is 0 Å². The second-order valence-corrected chi connectivity index (χ2v) is 1.20. The molecule has 0 aromatic rings. The minimum absolute atomic E-state index is 0. The molecule has 9 heteroatoms. The number of nitrogens with zero attached hydrogens (tertiary/aromatic N) is 2. The van der Waals surface area contributed by atoms with Crippen LogP contribution in [0.3, 0.4) is 0 Å². The molecule has 56 valence electrons. The number of nitro groups is 2. The molecule has 11 heavy (non-hydrogen) atoms. The molecular weight excluding hydrogens is 169 g/mol. The molecule has 0 saturated heterocycles. The van der Waals surface area contributed by atoms with Crippen LogP contribution in [0.2, 0.25) is 0 Å². The van der Waals surface area contributed by atoms with Crippen LogP contribution < -0.4 is 35.3 Å². The summed E-state index contributed by atoms with van der Waals surface area (Å²) in [6, 6.07) is 0. The van der Waals surface area contributed by atoms with Crippen molar-refractivity contribution in [1.82, 2.24) is 0 Å². The quantitative estimate of drug-likeness (QED) is 0.198. The first-order valence-electron chi connectivity index (χ1n) is 1.92. The summed E-state index contributed by atoms with van der Waals surface area (Å²) in [5, 5.41) is 19.2.